The Morgan fingerprint density at radius 2 is 1.74 bits per heavy atom. The zero-order valence-corrected chi connectivity index (χ0v) is 17.5. The molecule has 0 fully saturated rings. The molecule has 7 heteroatoms. The van der Waals surface area contributed by atoms with Crippen molar-refractivity contribution < 1.29 is 8.42 Å². The summed E-state index contributed by atoms with van der Waals surface area (Å²) in [4.78, 5) is 6.39. The number of nitrogens with zero attached hydrogens (tertiary/aromatic N) is 2. The molecule has 0 aliphatic heterocycles. The predicted molar refractivity (Wildman–Crippen MR) is 108 cm³/mol. The van der Waals surface area contributed by atoms with Crippen molar-refractivity contribution in [3.63, 3.8) is 0 Å². The first kappa shape index (κ1) is 22.2. The summed E-state index contributed by atoms with van der Waals surface area (Å²) >= 11 is 0. The van der Waals surface area contributed by atoms with Gasteiger partial charge in [-0.3, -0.25) is 4.99 Å². The summed E-state index contributed by atoms with van der Waals surface area (Å²) in [5.41, 5.74) is 2.52. The van der Waals surface area contributed by atoms with E-state index in [0.29, 0.717) is 0 Å². The first-order chi connectivity index (χ1) is 10.4. The summed E-state index contributed by atoms with van der Waals surface area (Å²) in [6, 6.07) is 8.51. The molecule has 0 aromatic heterocycles. The first-order valence-corrected chi connectivity index (χ1v) is 9.66. The minimum atomic E-state index is -2.98. The smallest absolute Gasteiger partial charge is 0.193 e. The van der Waals surface area contributed by atoms with E-state index in [1.807, 2.05) is 18.9 Å². The fraction of sp³-hybridized carbons (Fsp3) is 0.562. The van der Waals surface area contributed by atoms with Gasteiger partial charge >= 0.3 is 0 Å². The highest BCUT2D eigenvalue weighted by atomic mass is 127. The third-order valence-electron chi connectivity index (χ3n) is 3.27. The van der Waals surface area contributed by atoms with Gasteiger partial charge in [0.05, 0.1) is 12.3 Å². The molecular formula is C16H28IN3O2S. The molecule has 0 bridgehead atoms. The Kier molecular flexibility index (Phi) is 10.5. The van der Waals surface area contributed by atoms with Gasteiger partial charge in [0.15, 0.2) is 5.96 Å². The SMILES string of the molecule is CCNC(=NCCS(C)(=O)=O)N(C)Cc1ccc(CC)cc1.I. The molecule has 0 spiro atoms. The molecule has 23 heavy (non-hydrogen) atoms. The van der Waals surface area contributed by atoms with Crippen LogP contribution in [0.1, 0.15) is 25.0 Å². The van der Waals surface area contributed by atoms with Gasteiger partial charge in [-0.2, -0.15) is 0 Å². The predicted octanol–water partition coefficient (Wildman–Crippen LogP) is 2.31. The van der Waals surface area contributed by atoms with Crippen LogP contribution < -0.4 is 5.32 Å². The fourth-order valence-corrected chi connectivity index (χ4v) is 2.44. The van der Waals surface area contributed by atoms with Crippen LogP contribution in [0.15, 0.2) is 29.3 Å². The average Bonchev–Trinajstić information content (AvgIpc) is 2.46. The second-order valence-corrected chi connectivity index (χ2v) is 7.65. The number of nitrogens with one attached hydrogen (secondary N) is 1. The highest BCUT2D eigenvalue weighted by Gasteiger charge is 2.07. The molecule has 0 saturated carbocycles. The maximum absolute atomic E-state index is 11.2. The molecule has 0 atom stereocenters. The van der Waals surface area contributed by atoms with Gasteiger partial charge in [0.1, 0.15) is 9.84 Å². The Morgan fingerprint density at radius 1 is 1.17 bits per heavy atom. The lowest BCUT2D eigenvalue weighted by Crippen LogP contribution is -2.38. The molecule has 1 rings (SSSR count). The van der Waals surface area contributed by atoms with E-state index in [1.165, 1.54) is 17.4 Å². The van der Waals surface area contributed by atoms with Crippen LogP contribution in [0.25, 0.3) is 0 Å². The topological polar surface area (TPSA) is 61.8 Å². The molecule has 0 amide bonds. The van der Waals surface area contributed by atoms with Crippen LogP contribution in [0.5, 0.6) is 0 Å². The van der Waals surface area contributed by atoms with Crippen LogP contribution in [0.2, 0.25) is 0 Å². The Labute approximate surface area is 157 Å². The van der Waals surface area contributed by atoms with E-state index in [2.05, 4.69) is 41.5 Å². The molecule has 1 N–H and O–H groups in total. The van der Waals surface area contributed by atoms with Gasteiger partial charge in [0, 0.05) is 26.4 Å². The Balaban J connectivity index is 0.00000484. The van der Waals surface area contributed by atoms with Crippen molar-refractivity contribution in [1.29, 1.82) is 0 Å². The summed E-state index contributed by atoms with van der Waals surface area (Å²) in [5.74, 6) is 0.798. The van der Waals surface area contributed by atoms with E-state index in [9.17, 15) is 8.42 Å². The van der Waals surface area contributed by atoms with Crippen molar-refractivity contribution >= 4 is 39.8 Å². The van der Waals surface area contributed by atoms with Crippen LogP contribution in [0.3, 0.4) is 0 Å². The lowest BCUT2D eigenvalue weighted by atomic mass is 10.1. The third kappa shape index (κ3) is 9.14. The molecule has 0 saturated heterocycles. The number of hydrogen-bond donors (Lipinski definition) is 1. The largest absolute Gasteiger partial charge is 0.357 e. The lowest BCUT2D eigenvalue weighted by Gasteiger charge is -2.22. The average molecular weight is 453 g/mol. The highest BCUT2D eigenvalue weighted by Crippen LogP contribution is 2.07. The summed E-state index contributed by atoms with van der Waals surface area (Å²) in [7, 11) is -1.03. The van der Waals surface area contributed by atoms with Crippen LogP contribution in [-0.2, 0) is 22.8 Å². The summed E-state index contributed by atoms with van der Waals surface area (Å²) in [6.45, 7) is 5.89. The molecule has 0 unspecified atom stereocenters. The molecule has 1 aromatic carbocycles. The highest BCUT2D eigenvalue weighted by molar-refractivity contribution is 14.0. The molecule has 0 aliphatic rings. The summed E-state index contributed by atoms with van der Waals surface area (Å²) < 4.78 is 22.4. The molecule has 0 aliphatic carbocycles. The quantitative estimate of drug-likeness (QED) is 0.391. The van der Waals surface area contributed by atoms with Crippen molar-refractivity contribution in [1.82, 2.24) is 10.2 Å². The van der Waals surface area contributed by atoms with E-state index < -0.39 is 9.84 Å². The van der Waals surface area contributed by atoms with E-state index in [1.54, 1.807) is 0 Å². The van der Waals surface area contributed by atoms with Gasteiger partial charge in [-0.25, -0.2) is 8.42 Å². The van der Waals surface area contributed by atoms with Gasteiger partial charge in [0.2, 0.25) is 0 Å². The molecular weight excluding hydrogens is 425 g/mol. The summed E-state index contributed by atoms with van der Waals surface area (Å²) in [5, 5.41) is 3.19. The number of benzene rings is 1. The Hall–Kier alpha value is -0.830. The van der Waals surface area contributed by atoms with Crippen LogP contribution in [-0.4, -0.2) is 51.4 Å². The monoisotopic (exact) mass is 453 g/mol. The standard InChI is InChI=1S/C16H27N3O2S.HI/c1-5-14-7-9-15(10-8-14)13-19(3)16(17-6-2)18-11-12-22(4,20)21;/h7-10H,5-6,11-13H2,1-4H3,(H,17,18);1H. The van der Waals surface area contributed by atoms with E-state index in [0.717, 1.165) is 25.5 Å². The third-order valence-corrected chi connectivity index (χ3v) is 4.20. The van der Waals surface area contributed by atoms with Gasteiger partial charge in [-0.05, 0) is 24.5 Å². The van der Waals surface area contributed by atoms with Crippen molar-refractivity contribution in [2.75, 3.05) is 32.1 Å². The number of rotatable bonds is 7. The molecule has 132 valence electrons. The second-order valence-electron chi connectivity index (χ2n) is 5.39. The molecule has 0 radical (unpaired) electrons. The summed E-state index contributed by atoms with van der Waals surface area (Å²) in [6.07, 6.45) is 2.26. The number of sulfone groups is 1. The lowest BCUT2D eigenvalue weighted by molar-refractivity contribution is 0.477. The van der Waals surface area contributed by atoms with Crippen molar-refractivity contribution in [2.45, 2.75) is 26.8 Å². The Bertz CT molecular complexity index is 586. The van der Waals surface area contributed by atoms with Crippen LogP contribution in [0, 0.1) is 0 Å². The van der Waals surface area contributed by atoms with Crippen molar-refractivity contribution in [3.05, 3.63) is 35.4 Å². The Morgan fingerprint density at radius 3 is 2.22 bits per heavy atom. The molecule has 0 heterocycles. The number of halogens is 1. The first-order valence-electron chi connectivity index (χ1n) is 7.60. The number of aliphatic imine (C=N–C) groups is 1. The number of aryl methyl sites for hydroxylation is 1. The minimum absolute atomic E-state index is 0. The van der Waals surface area contributed by atoms with Crippen molar-refractivity contribution in [2.24, 2.45) is 4.99 Å². The van der Waals surface area contributed by atoms with Crippen molar-refractivity contribution in [3.8, 4) is 0 Å². The zero-order chi connectivity index (χ0) is 16.6. The van der Waals surface area contributed by atoms with Gasteiger partial charge in [-0.15, -0.1) is 24.0 Å². The minimum Gasteiger partial charge on any atom is -0.357 e. The molecule has 1 aromatic rings. The normalized spacial score (nSPS) is 11.7. The maximum atomic E-state index is 11.2. The van der Waals surface area contributed by atoms with E-state index >= 15 is 0 Å². The second kappa shape index (κ2) is 10.9. The molecule has 5 nitrogen and oxygen atoms in total. The van der Waals surface area contributed by atoms with Crippen LogP contribution in [0.4, 0.5) is 0 Å². The zero-order valence-electron chi connectivity index (χ0n) is 14.4. The van der Waals surface area contributed by atoms with Crippen LogP contribution >= 0.6 is 24.0 Å². The fourth-order valence-electron chi connectivity index (χ4n) is 2.02. The number of hydrogen-bond acceptors (Lipinski definition) is 3. The van der Waals surface area contributed by atoms with E-state index in [4.69, 9.17) is 0 Å². The maximum Gasteiger partial charge on any atom is 0.193 e. The van der Waals surface area contributed by atoms with Gasteiger partial charge in [-0.1, -0.05) is 31.2 Å². The van der Waals surface area contributed by atoms with E-state index in [-0.39, 0.29) is 36.3 Å². The number of guanidine groups is 1. The van der Waals surface area contributed by atoms with Gasteiger partial charge in [0.25, 0.3) is 0 Å². The van der Waals surface area contributed by atoms with Gasteiger partial charge < -0.3 is 10.2 Å².